The molecule has 3 nitrogen and oxygen atoms in total. The number of amides is 1. The fraction of sp³-hybridized carbons (Fsp3) is 0.533. The Hall–Kier alpha value is -1.31. The molecule has 1 fully saturated rings. The van der Waals surface area contributed by atoms with Crippen molar-refractivity contribution in [3.63, 3.8) is 0 Å². The molecule has 4 heteroatoms. The molecule has 0 aliphatic carbocycles. The standard InChI is InChI=1S/C15H20N2OS/c1-11-5-3-6-12(2)17(11)15(18)14-13(7-4-9-16)8-10-19-14/h8,10-12H,3,5-6,9,16H2,1-2H3/t11-,12+. The summed E-state index contributed by atoms with van der Waals surface area (Å²) in [4.78, 5) is 15.5. The quantitative estimate of drug-likeness (QED) is 0.801. The zero-order valence-corrected chi connectivity index (χ0v) is 12.3. The van der Waals surface area contributed by atoms with Gasteiger partial charge in [0.15, 0.2) is 0 Å². The molecule has 2 heterocycles. The molecule has 1 aliphatic heterocycles. The molecule has 2 N–H and O–H groups in total. The lowest BCUT2D eigenvalue weighted by Crippen LogP contribution is -2.47. The molecule has 0 spiro atoms. The van der Waals surface area contributed by atoms with Crippen LogP contribution in [0.5, 0.6) is 0 Å². The molecule has 0 saturated carbocycles. The van der Waals surface area contributed by atoms with E-state index >= 15 is 0 Å². The second-order valence-electron chi connectivity index (χ2n) is 5.01. The van der Waals surface area contributed by atoms with E-state index in [1.807, 2.05) is 16.3 Å². The number of likely N-dealkylation sites (tertiary alicyclic amines) is 1. The van der Waals surface area contributed by atoms with Crippen LogP contribution >= 0.6 is 11.3 Å². The van der Waals surface area contributed by atoms with Gasteiger partial charge >= 0.3 is 0 Å². The molecule has 1 amide bonds. The number of carbonyl (C=O) groups excluding carboxylic acids is 1. The summed E-state index contributed by atoms with van der Waals surface area (Å²) in [5.41, 5.74) is 6.20. The molecule has 0 aromatic carbocycles. The van der Waals surface area contributed by atoms with Gasteiger partial charge in [-0.15, -0.1) is 11.3 Å². The summed E-state index contributed by atoms with van der Waals surface area (Å²) in [7, 11) is 0. The monoisotopic (exact) mass is 276 g/mol. The van der Waals surface area contributed by atoms with E-state index in [0.717, 1.165) is 23.3 Å². The van der Waals surface area contributed by atoms with Crippen LogP contribution in [0.1, 0.15) is 48.3 Å². The van der Waals surface area contributed by atoms with E-state index in [0.29, 0.717) is 18.6 Å². The lowest BCUT2D eigenvalue weighted by Gasteiger charge is -2.38. The van der Waals surface area contributed by atoms with Gasteiger partial charge in [0.25, 0.3) is 5.91 Å². The number of rotatable bonds is 1. The minimum absolute atomic E-state index is 0.121. The Kier molecular flexibility index (Phi) is 4.62. The van der Waals surface area contributed by atoms with Gasteiger partial charge in [-0.25, -0.2) is 0 Å². The molecule has 2 atom stereocenters. The third kappa shape index (κ3) is 2.99. The first-order chi connectivity index (χ1) is 9.15. The Morgan fingerprint density at radius 1 is 1.47 bits per heavy atom. The van der Waals surface area contributed by atoms with Gasteiger partial charge in [0.2, 0.25) is 0 Å². The van der Waals surface area contributed by atoms with Crippen LogP contribution in [-0.2, 0) is 0 Å². The zero-order valence-electron chi connectivity index (χ0n) is 11.5. The van der Waals surface area contributed by atoms with Gasteiger partial charge in [-0.3, -0.25) is 4.79 Å². The summed E-state index contributed by atoms with van der Waals surface area (Å²) in [5.74, 6) is 5.94. The molecule has 1 saturated heterocycles. The minimum Gasteiger partial charge on any atom is -0.333 e. The number of hydrogen-bond acceptors (Lipinski definition) is 3. The third-order valence-corrected chi connectivity index (χ3v) is 4.52. The van der Waals surface area contributed by atoms with Gasteiger partial charge in [-0.1, -0.05) is 11.8 Å². The van der Waals surface area contributed by atoms with Gasteiger partial charge < -0.3 is 10.6 Å². The topological polar surface area (TPSA) is 46.3 Å². The molecule has 0 radical (unpaired) electrons. The minimum atomic E-state index is 0.121. The van der Waals surface area contributed by atoms with Crippen molar-refractivity contribution >= 4 is 17.2 Å². The number of thiophene rings is 1. The lowest BCUT2D eigenvalue weighted by atomic mass is 9.97. The Labute approximate surface area is 118 Å². The Morgan fingerprint density at radius 2 is 2.16 bits per heavy atom. The highest BCUT2D eigenvalue weighted by Gasteiger charge is 2.31. The summed E-state index contributed by atoms with van der Waals surface area (Å²) in [6.07, 6.45) is 3.38. The van der Waals surface area contributed by atoms with Crippen LogP contribution in [0.2, 0.25) is 0 Å². The van der Waals surface area contributed by atoms with E-state index < -0.39 is 0 Å². The number of carbonyl (C=O) groups is 1. The van der Waals surface area contributed by atoms with Crippen LogP contribution in [-0.4, -0.2) is 29.4 Å². The van der Waals surface area contributed by atoms with Crippen molar-refractivity contribution in [3.05, 3.63) is 21.9 Å². The van der Waals surface area contributed by atoms with Crippen molar-refractivity contribution in [1.29, 1.82) is 0 Å². The van der Waals surface area contributed by atoms with Crippen LogP contribution in [0.25, 0.3) is 0 Å². The first-order valence-corrected chi connectivity index (χ1v) is 7.62. The number of nitrogens with two attached hydrogens (primary N) is 1. The number of piperidine rings is 1. The summed E-state index contributed by atoms with van der Waals surface area (Å²) >= 11 is 1.47. The predicted octanol–water partition coefficient (Wildman–Crippen LogP) is 2.46. The second-order valence-corrected chi connectivity index (χ2v) is 5.93. The van der Waals surface area contributed by atoms with Crippen LogP contribution in [0.15, 0.2) is 11.4 Å². The molecule has 1 aliphatic rings. The highest BCUT2D eigenvalue weighted by Crippen LogP contribution is 2.27. The summed E-state index contributed by atoms with van der Waals surface area (Å²) in [5, 5.41) is 1.92. The molecule has 19 heavy (non-hydrogen) atoms. The molecule has 0 bridgehead atoms. The fourth-order valence-corrected chi connectivity index (χ4v) is 3.45. The van der Waals surface area contributed by atoms with E-state index in [1.165, 1.54) is 17.8 Å². The second kappa shape index (κ2) is 6.23. The summed E-state index contributed by atoms with van der Waals surface area (Å²) in [6, 6.07) is 2.53. The Bertz CT molecular complexity index is 502. The maximum atomic E-state index is 12.7. The van der Waals surface area contributed by atoms with E-state index in [4.69, 9.17) is 5.73 Å². The molecule has 1 aromatic heterocycles. The summed E-state index contributed by atoms with van der Waals surface area (Å²) < 4.78 is 0. The van der Waals surface area contributed by atoms with Gasteiger partial charge in [-0.05, 0) is 44.6 Å². The smallest absolute Gasteiger partial charge is 0.265 e. The molecular weight excluding hydrogens is 256 g/mol. The average molecular weight is 276 g/mol. The van der Waals surface area contributed by atoms with E-state index in [9.17, 15) is 4.79 Å². The van der Waals surface area contributed by atoms with Crippen LogP contribution < -0.4 is 5.73 Å². The maximum absolute atomic E-state index is 12.7. The highest BCUT2D eigenvalue weighted by molar-refractivity contribution is 7.12. The normalized spacial score (nSPS) is 22.8. The molecule has 1 aromatic rings. The largest absolute Gasteiger partial charge is 0.333 e. The van der Waals surface area contributed by atoms with E-state index in [2.05, 4.69) is 25.7 Å². The Balaban J connectivity index is 2.26. The average Bonchev–Trinajstić information content (AvgIpc) is 2.84. The number of hydrogen-bond donors (Lipinski definition) is 1. The fourth-order valence-electron chi connectivity index (χ4n) is 2.66. The van der Waals surface area contributed by atoms with Crippen molar-refractivity contribution in [3.8, 4) is 11.8 Å². The maximum Gasteiger partial charge on any atom is 0.265 e. The van der Waals surface area contributed by atoms with Crippen molar-refractivity contribution in [2.75, 3.05) is 6.54 Å². The van der Waals surface area contributed by atoms with E-state index in [1.54, 1.807) is 0 Å². The summed E-state index contributed by atoms with van der Waals surface area (Å²) in [6.45, 7) is 4.58. The number of nitrogens with zero attached hydrogens (tertiary/aromatic N) is 1. The zero-order chi connectivity index (χ0) is 13.8. The van der Waals surface area contributed by atoms with Crippen molar-refractivity contribution < 1.29 is 4.79 Å². The van der Waals surface area contributed by atoms with Gasteiger partial charge in [0.1, 0.15) is 4.88 Å². The Morgan fingerprint density at radius 3 is 2.79 bits per heavy atom. The van der Waals surface area contributed by atoms with Crippen molar-refractivity contribution in [2.45, 2.75) is 45.2 Å². The van der Waals surface area contributed by atoms with Crippen LogP contribution in [0, 0.1) is 11.8 Å². The van der Waals surface area contributed by atoms with Crippen molar-refractivity contribution in [1.82, 2.24) is 4.90 Å². The van der Waals surface area contributed by atoms with Gasteiger partial charge in [-0.2, -0.15) is 0 Å². The van der Waals surface area contributed by atoms with Crippen LogP contribution in [0.3, 0.4) is 0 Å². The predicted molar refractivity (Wildman–Crippen MR) is 79.2 cm³/mol. The highest BCUT2D eigenvalue weighted by atomic mass is 32.1. The van der Waals surface area contributed by atoms with Crippen LogP contribution in [0.4, 0.5) is 0 Å². The lowest BCUT2D eigenvalue weighted by molar-refractivity contribution is 0.0515. The molecular formula is C15H20N2OS. The molecule has 2 rings (SSSR count). The molecule has 102 valence electrons. The van der Waals surface area contributed by atoms with E-state index in [-0.39, 0.29) is 5.91 Å². The van der Waals surface area contributed by atoms with Gasteiger partial charge in [0.05, 0.1) is 6.54 Å². The van der Waals surface area contributed by atoms with Crippen molar-refractivity contribution in [2.24, 2.45) is 5.73 Å². The third-order valence-electron chi connectivity index (χ3n) is 3.61. The first kappa shape index (κ1) is 14.1. The SMILES string of the molecule is C[C@@H]1CCC[C@H](C)N1C(=O)c1sccc1C#CCN. The van der Waals surface area contributed by atoms with Gasteiger partial charge in [0, 0.05) is 17.6 Å². The first-order valence-electron chi connectivity index (χ1n) is 6.74. The molecule has 0 unspecified atom stereocenters.